The molecule has 3 aromatic carbocycles. The number of fused-ring (bicyclic) bond motifs is 1. The molecule has 5 heteroatoms. The third kappa shape index (κ3) is 4.14. The molecule has 1 aromatic heterocycles. The first kappa shape index (κ1) is 20.9. The standard InChI is InChI=1S/C26H23NO3S/c1-17-23(28)21-10-7-11-22(25(21)30-24(17)19-8-5-4-6-9-19)26(29)27(2)16-18-12-14-20(31-3)15-13-18/h4-15H,16H2,1-3H3. The highest BCUT2D eigenvalue weighted by Gasteiger charge is 2.20. The van der Waals surface area contributed by atoms with Crippen LogP contribution in [0.2, 0.25) is 0 Å². The molecule has 0 aliphatic heterocycles. The Morgan fingerprint density at radius 2 is 1.68 bits per heavy atom. The summed E-state index contributed by atoms with van der Waals surface area (Å²) in [5, 5.41) is 0.417. The number of rotatable bonds is 5. The van der Waals surface area contributed by atoms with Crippen molar-refractivity contribution in [2.75, 3.05) is 13.3 Å². The Kier molecular flexibility index (Phi) is 5.96. The fraction of sp³-hybridized carbons (Fsp3) is 0.154. The Morgan fingerprint density at radius 3 is 2.35 bits per heavy atom. The van der Waals surface area contributed by atoms with Gasteiger partial charge in [-0.05, 0) is 43.0 Å². The van der Waals surface area contributed by atoms with Crippen molar-refractivity contribution in [1.29, 1.82) is 0 Å². The Morgan fingerprint density at radius 1 is 0.968 bits per heavy atom. The molecule has 4 rings (SSSR count). The molecule has 0 aliphatic rings. The van der Waals surface area contributed by atoms with Gasteiger partial charge in [-0.25, -0.2) is 0 Å². The summed E-state index contributed by atoms with van der Waals surface area (Å²) in [7, 11) is 1.76. The summed E-state index contributed by atoms with van der Waals surface area (Å²) in [4.78, 5) is 29.1. The van der Waals surface area contributed by atoms with Crippen molar-refractivity contribution in [3.8, 4) is 11.3 Å². The van der Waals surface area contributed by atoms with Gasteiger partial charge in [-0.15, -0.1) is 11.8 Å². The normalized spacial score (nSPS) is 10.9. The molecule has 0 aliphatic carbocycles. The first-order valence-electron chi connectivity index (χ1n) is 10.00. The van der Waals surface area contributed by atoms with Crippen molar-refractivity contribution < 1.29 is 9.21 Å². The molecule has 0 fully saturated rings. The average molecular weight is 430 g/mol. The van der Waals surface area contributed by atoms with Crippen molar-refractivity contribution in [2.45, 2.75) is 18.4 Å². The van der Waals surface area contributed by atoms with Gasteiger partial charge in [0.1, 0.15) is 5.76 Å². The monoisotopic (exact) mass is 429 g/mol. The second-order valence-corrected chi connectivity index (χ2v) is 8.32. The third-order valence-electron chi connectivity index (χ3n) is 5.34. The van der Waals surface area contributed by atoms with Crippen LogP contribution in [0.25, 0.3) is 22.3 Å². The Hall–Kier alpha value is -3.31. The summed E-state index contributed by atoms with van der Waals surface area (Å²) < 4.78 is 6.19. The van der Waals surface area contributed by atoms with E-state index >= 15 is 0 Å². The highest BCUT2D eigenvalue weighted by molar-refractivity contribution is 7.98. The molecule has 31 heavy (non-hydrogen) atoms. The molecule has 0 unspecified atom stereocenters. The number of amides is 1. The lowest BCUT2D eigenvalue weighted by Gasteiger charge is -2.18. The van der Waals surface area contributed by atoms with Crippen molar-refractivity contribution in [3.05, 3.63) is 99.7 Å². The molecule has 0 radical (unpaired) electrons. The molecule has 0 saturated heterocycles. The second-order valence-electron chi connectivity index (χ2n) is 7.44. The quantitative estimate of drug-likeness (QED) is 0.378. The van der Waals surface area contributed by atoms with E-state index in [9.17, 15) is 9.59 Å². The van der Waals surface area contributed by atoms with Crippen LogP contribution in [0.5, 0.6) is 0 Å². The SMILES string of the molecule is CSc1ccc(CN(C)C(=O)c2cccc3c(=O)c(C)c(-c4ccccc4)oc23)cc1. The van der Waals surface area contributed by atoms with Crippen LogP contribution in [-0.4, -0.2) is 24.1 Å². The second kappa shape index (κ2) is 8.82. The zero-order valence-electron chi connectivity index (χ0n) is 17.7. The number of carbonyl (C=O) groups is 1. The molecule has 0 spiro atoms. The van der Waals surface area contributed by atoms with Crippen LogP contribution in [0.4, 0.5) is 0 Å². The summed E-state index contributed by atoms with van der Waals surface area (Å²) in [5.41, 5.74) is 2.97. The molecule has 1 heterocycles. The summed E-state index contributed by atoms with van der Waals surface area (Å²) in [6, 6.07) is 22.8. The van der Waals surface area contributed by atoms with E-state index in [2.05, 4.69) is 0 Å². The number of nitrogens with zero attached hydrogens (tertiary/aromatic N) is 1. The van der Waals surface area contributed by atoms with Crippen LogP contribution < -0.4 is 5.43 Å². The lowest BCUT2D eigenvalue weighted by molar-refractivity contribution is 0.0786. The van der Waals surface area contributed by atoms with Gasteiger partial charge in [-0.2, -0.15) is 0 Å². The van der Waals surface area contributed by atoms with E-state index < -0.39 is 0 Å². The Labute approximate surface area is 185 Å². The minimum atomic E-state index is -0.189. The van der Waals surface area contributed by atoms with Crippen molar-refractivity contribution in [1.82, 2.24) is 4.90 Å². The van der Waals surface area contributed by atoms with Crippen LogP contribution in [0.1, 0.15) is 21.5 Å². The number of thioether (sulfide) groups is 1. The van der Waals surface area contributed by atoms with Gasteiger partial charge < -0.3 is 9.32 Å². The molecule has 156 valence electrons. The van der Waals surface area contributed by atoms with Crippen LogP contribution in [0.15, 0.2) is 86.9 Å². The van der Waals surface area contributed by atoms with Gasteiger partial charge in [0.05, 0.1) is 10.9 Å². The van der Waals surface area contributed by atoms with Gasteiger partial charge in [-0.3, -0.25) is 9.59 Å². The van der Waals surface area contributed by atoms with Gasteiger partial charge >= 0.3 is 0 Å². The largest absolute Gasteiger partial charge is 0.455 e. The maximum Gasteiger partial charge on any atom is 0.257 e. The first-order chi connectivity index (χ1) is 15.0. The number of hydrogen-bond acceptors (Lipinski definition) is 4. The Balaban J connectivity index is 1.75. The predicted octanol–water partition coefficient (Wildman–Crippen LogP) is 5.76. The van der Waals surface area contributed by atoms with Gasteiger partial charge in [0.2, 0.25) is 0 Å². The molecule has 0 N–H and O–H groups in total. The van der Waals surface area contributed by atoms with Crippen molar-refractivity contribution in [3.63, 3.8) is 0 Å². The number of hydrogen-bond donors (Lipinski definition) is 0. The fourth-order valence-electron chi connectivity index (χ4n) is 3.63. The van der Waals surface area contributed by atoms with Crippen LogP contribution in [-0.2, 0) is 6.54 Å². The average Bonchev–Trinajstić information content (AvgIpc) is 2.81. The molecule has 1 amide bonds. The van der Waals surface area contributed by atoms with E-state index in [1.54, 1.807) is 48.8 Å². The lowest BCUT2D eigenvalue weighted by Crippen LogP contribution is -2.26. The maximum absolute atomic E-state index is 13.3. The molecule has 4 aromatic rings. The number of para-hydroxylation sites is 1. The van der Waals surface area contributed by atoms with Crippen molar-refractivity contribution >= 4 is 28.6 Å². The number of carbonyl (C=O) groups excluding carboxylic acids is 1. The van der Waals surface area contributed by atoms with Crippen LogP contribution >= 0.6 is 11.8 Å². The minimum Gasteiger partial charge on any atom is -0.455 e. The van der Waals surface area contributed by atoms with E-state index in [1.165, 1.54) is 4.90 Å². The van der Waals surface area contributed by atoms with Gasteiger partial charge in [-0.1, -0.05) is 48.5 Å². The van der Waals surface area contributed by atoms with E-state index in [0.29, 0.717) is 34.4 Å². The van der Waals surface area contributed by atoms with E-state index in [0.717, 1.165) is 11.1 Å². The summed E-state index contributed by atoms with van der Waals surface area (Å²) in [6.45, 7) is 2.22. The highest BCUT2D eigenvalue weighted by atomic mass is 32.2. The maximum atomic E-state index is 13.3. The molecule has 4 nitrogen and oxygen atoms in total. The zero-order valence-corrected chi connectivity index (χ0v) is 18.5. The smallest absolute Gasteiger partial charge is 0.257 e. The van der Waals surface area contributed by atoms with E-state index in [-0.39, 0.29) is 11.3 Å². The minimum absolute atomic E-state index is 0.120. The Bertz CT molecular complexity index is 1290. The molecule has 0 saturated carbocycles. The molecular formula is C26H23NO3S. The summed E-state index contributed by atoms with van der Waals surface area (Å²) in [5.74, 6) is 0.305. The van der Waals surface area contributed by atoms with Crippen LogP contribution in [0, 0.1) is 6.92 Å². The summed E-state index contributed by atoms with van der Waals surface area (Å²) in [6.07, 6.45) is 2.03. The van der Waals surface area contributed by atoms with E-state index in [1.807, 2.05) is 60.9 Å². The van der Waals surface area contributed by atoms with Gasteiger partial charge in [0.15, 0.2) is 11.0 Å². The van der Waals surface area contributed by atoms with E-state index in [4.69, 9.17) is 4.42 Å². The first-order valence-corrected chi connectivity index (χ1v) is 11.2. The third-order valence-corrected chi connectivity index (χ3v) is 6.08. The topological polar surface area (TPSA) is 50.5 Å². The van der Waals surface area contributed by atoms with Gasteiger partial charge in [0, 0.05) is 29.6 Å². The predicted molar refractivity (Wildman–Crippen MR) is 127 cm³/mol. The fourth-order valence-corrected chi connectivity index (χ4v) is 4.03. The summed E-state index contributed by atoms with van der Waals surface area (Å²) >= 11 is 1.68. The highest BCUT2D eigenvalue weighted by Crippen LogP contribution is 2.28. The van der Waals surface area contributed by atoms with Gasteiger partial charge in [0.25, 0.3) is 5.91 Å². The van der Waals surface area contributed by atoms with Crippen LogP contribution in [0.3, 0.4) is 0 Å². The lowest BCUT2D eigenvalue weighted by atomic mass is 10.0. The number of benzene rings is 3. The molecule has 0 bridgehead atoms. The zero-order chi connectivity index (χ0) is 22.0. The van der Waals surface area contributed by atoms with Crippen molar-refractivity contribution in [2.24, 2.45) is 0 Å². The molecule has 0 atom stereocenters. The molecular weight excluding hydrogens is 406 g/mol.